The minimum absolute atomic E-state index is 0.0524. The molecular formula is C14H14N5O4+. The standard InChI is InChI=1S/C14H14N5O4/c20-14(23-13-4-2-1-3-5-13)19(10-15-16-17-19)12-8-6-11(7-9-12)18(21)22/h1-9,15-17H,10H2/q+1. The molecule has 1 fully saturated rings. The van der Waals surface area contributed by atoms with Crippen LogP contribution in [-0.2, 0) is 0 Å². The number of nitrogens with one attached hydrogen (secondary N) is 3. The van der Waals surface area contributed by atoms with Gasteiger partial charge in [0.1, 0.15) is 5.75 Å². The smallest absolute Gasteiger partial charge is 0.379 e. The third-order valence-electron chi connectivity index (χ3n) is 3.41. The van der Waals surface area contributed by atoms with E-state index in [-0.39, 0.29) is 12.4 Å². The molecule has 0 radical (unpaired) electrons. The summed E-state index contributed by atoms with van der Waals surface area (Å²) in [6.07, 6.45) is -0.581. The molecule has 3 N–H and O–H groups in total. The van der Waals surface area contributed by atoms with E-state index in [1.807, 2.05) is 6.07 Å². The SMILES string of the molecule is O=C(Oc1ccccc1)[N+]1(c2ccc([N+](=O)[O-])cc2)CNNN1. The van der Waals surface area contributed by atoms with Crippen molar-refractivity contribution in [1.82, 2.24) is 21.1 Å². The van der Waals surface area contributed by atoms with Crippen molar-refractivity contribution in [3.8, 4) is 5.75 Å². The van der Waals surface area contributed by atoms with Crippen LogP contribution >= 0.6 is 0 Å². The van der Waals surface area contributed by atoms with Gasteiger partial charge >= 0.3 is 6.09 Å². The molecule has 1 heterocycles. The van der Waals surface area contributed by atoms with Crippen molar-refractivity contribution in [2.45, 2.75) is 0 Å². The second kappa shape index (κ2) is 6.10. The summed E-state index contributed by atoms with van der Waals surface area (Å²) in [5.41, 5.74) is 8.67. The van der Waals surface area contributed by atoms with E-state index in [1.54, 1.807) is 24.3 Å². The molecule has 0 aliphatic carbocycles. The lowest BCUT2D eigenvalue weighted by atomic mass is 10.2. The zero-order valence-corrected chi connectivity index (χ0v) is 11.9. The molecule has 3 rings (SSSR count). The Hall–Kier alpha value is -2.85. The van der Waals surface area contributed by atoms with E-state index in [0.717, 1.165) is 0 Å². The Bertz CT molecular complexity index is 714. The van der Waals surface area contributed by atoms with E-state index in [1.165, 1.54) is 24.3 Å². The number of carbonyl (C=O) groups excluding carboxylic acids is 1. The van der Waals surface area contributed by atoms with Crippen molar-refractivity contribution < 1.29 is 14.5 Å². The highest BCUT2D eigenvalue weighted by Gasteiger charge is 2.46. The topological polar surface area (TPSA) is 106 Å². The van der Waals surface area contributed by atoms with Crippen LogP contribution in [0.1, 0.15) is 0 Å². The summed E-state index contributed by atoms with van der Waals surface area (Å²) in [7, 11) is 0. The largest absolute Gasteiger partial charge is 0.549 e. The summed E-state index contributed by atoms with van der Waals surface area (Å²) < 4.78 is 4.99. The van der Waals surface area contributed by atoms with Gasteiger partial charge in [-0.3, -0.25) is 10.1 Å². The number of rotatable bonds is 3. The van der Waals surface area contributed by atoms with Gasteiger partial charge in [-0.05, 0) is 12.1 Å². The fourth-order valence-electron chi connectivity index (χ4n) is 2.20. The fraction of sp³-hybridized carbons (Fsp3) is 0.0714. The van der Waals surface area contributed by atoms with Gasteiger partial charge < -0.3 is 4.74 Å². The van der Waals surface area contributed by atoms with Crippen LogP contribution < -0.4 is 25.8 Å². The van der Waals surface area contributed by atoms with Crippen molar-refractivity contribution in [2.24, 2.45) is 0 Å². The first kappa shape index (κ1) is 15.1. The number of quaternary nitrogens is 1. The Morgan fingerprint density at radius 2 is 1.83 bits per heavy atom. The third kappa shape index (κ3) is 2.89. The number of nitro groups is 1. The van der Waals surface area contributed by atoms with Crippen LogP contribution in [0.3, 0.4) is 0 Å². The van der Waals surface area contributed by atoms with Gasteiger partial charge in [-0.15, -0.1) is 5.53 Å². The lowest BCUT2D eigenvalue weighted by molar-refractivity contribution is -0.384. The number of nitrogens with zero attached hydrogens (tertiary/aromatic N) is 2. The van der Waals surface area contributed by atoms with Gasteiger partial charge in [0.05, 0.1) is 4.92 Å². The molecule has 0 aromatic heterocycles. The molecule has 2 aromatic rings. The Morgan fingerprint density at radius 1 is 1.13 bits per heavy atom. The van der Waals surface area contributed by atoms with Gasteiger partial charge in [-0.2, -0.15) is 10.2 Å². The number of non-ortho nitro benzene ring substituents is 1. The zero-order chi connectivity index (χ0) is 16.3. The van der Waals surface area contributed by atoms with Crippen molar-refractivity contribution in [3.63, 3.8) is 0 Å². The van der Waals surface area contributed by atoms with E-state index < -0.39 is 15.6 Å². The molecule has 0 spiro atoms. The highest BCUT2D eigenvalue weighted by Crippen LogP contribution is 2.26. The molecule has 118 valence electrons. The number of carbonyl (C=O) groups is 1. The molecule has 9 heteroatoms. The average molecular weight is 316 g/mol. The summed E-state index contributed by atoms with van der Waals surface area (Å²) in [6.45, 7) is 0.170. The molecule has 1 amide bonds. The first-order valence-corrected chi connectivity index (χ1v) is 6.77. The van der Waals surface area contributed by atoms with E-state index in [4.69, 9.17) is 4.74 Å². The van der Waals surface area contributed by atoms with Gasteiger partial charge in [-0.25, -0.2) is 0 Å². The quantitative estimate of drug-likeness (QED) is 0.448. The summed E-state index contributed by atoms with van der Waals surface area (Å²) in [6, 6.07) is 14.4. The van der Waals surface area contributed by atoms with Crippen molar-refractivity contribution in [2.75, 3.05) is 6.67 Å². The minimum Gasteiger partial charge on any atom is -0.379 e. The van der Waals surface area contributed by atoms with Crippen molar-refractivity contribution >= 4 is 17.5 Å². The summed E-state index contributed by atoms with van der Waals surface area (Å²) >= 11 is 0. The molecule has 1 saturated heterocycles. The number of ether oxygens (including phenoxy) is 1. The normalized spacial score (nSPS) is 20.2. The minimum atomic E-state index is -0.581. The van der Waals surface area contributed by atoms with Gasteiger partial charge in [0.25, 0.3) is 5.69 Å². The molecule has 23 heavy (non-hydrogen) atoms. The van der Waals surface area contributed by atoms with Gasteiger partial charge in [0, 0.05) is 24.3 Å². The maximum atomic E-state index is 12.6. The molecule has 1 unspecified atom stereocenters. The lowest BCUT2D eigenvalue weighted by Gasteiger charge is -2.25. The van der Waals surface area contributed by atoms with Crippen LogP contribution in [0.2, 0.25) is 0 Å². The van der Waals surface area contributed by atoms with Gasteiger partial charge in [0.2, 0.25) is 0 Å². The molecule has 0 saturated carbocycles. The van der Waals surface area contributed by atoms with Gasteiger partial charge in [0.15, 0.2) is 12.4 Å². The predicted molar refractivity (Wildman–Crippen MR) is 81.6 cm³/mol. The summed E-state index contributed by atoms with van der Waals surface area (Å²) in [5.74, 6) is 0.408. The Labute approximate surface area is 131 Å². The van der Waals surface area contributed by atoms with Crippen LogP contribution in [-0.4, -0.2) is 17.7 Å². The van der Waals surface area contributed by atoms with Crippen LogP contribution in [0.5, 0.6) is 5.75 Å². The summed E-state index contributed by atoms with van der Waals surface area (Å²) in [5, 5.41) is 10.8. The van der Waals surface area contributed by atoms with E-state index in [0.29, 0.717) is 11.4 Å². The van der Waals surface area contributed by atoms with Crippen LogP contribution in [0.4, 0.5) is 16.2 Å². The number of hydrogen-bond donors (Lipinski definition) is 3. The highest BCUT2D eigenvalue weighted by atomic mass is 16.6. The molecule has 1 atom stereocenters. The molecular weight excluding hydrogens is 302 g/mol. The van der Waals surface area contributed by atoms with Crippen molar-refractivity contribution in [1.29, 1.82) is 0 Å². The van der Waals surface area contributed by atoms with Crippen LogP contribution in [0.15, 0.2) is 54.6 Å². The van der Waals surface area contributed by atoms with E-state index in [9.17, 15) is 14.9 Å². The van der Waals surface area contributed by atoms with E-state index >= 15 is 0 Å². The second-order valence-corrected chi connectivity index (χ2v) is 4.84. The highest BCUT2D eigenvalue weighted by molar-refractivity contribution is 5.83. The predicted octanol–water partition coefficient (Wildman–Crippen LogP) is 1.59. The lowest BCUT2D eigenvalue weighted by Crippen LogP contribution is -2.62. The Kier molecular flexibility index (Phi) is 4.00. The fourth-order valence-corrected chi connectivity index (χ4v) is 2.20. The monoisotopic (exact) mass is 316 g/mol. The van der Waals surface area contributed by atoms with Gasteiger partial charge in [-0.1, -0.05) is 28.3 Å². The molecule has 0 bridgehead atoms. The number of para-hydroxylation sites is 1. The number of amides is 1. The molecule has 2 aromatic carbocycles. The number of hydrazine groups is 2. The van der Waals surface area contributed by atoms with Crippen LogP contribution in [0.25, 0.3) is 0 Å². The Morgan fingerprint density at radius 3 is 2.39 bits per heavy atom. The molecule has 1 aliphatic rings. The third-order valence-corrected chi connectivity index (χ3v) is 3.41. The zero-order valence-electron chi connectivity index (χ0n) is 11.9. The maximum Gasteiger partial charge on any atom is 0.549 e. The summed E-state index contributed by atoms with van der Waals surface area (Å²) in [4.78, 5) is 22.9. The van der Waals surface area contributed by atoms with Crippen molar-refractivity contribution in [3.05, 3.63) is 64.7 Å². The number of nitro benzene ring substituents is 1. The number of benzene rings is 2. The van der Waals surface area contributed by atoms with E-state index in [2.05, 4.69) is 16.5 Å². The first-order chi connectivity index (χ1) is 11.1. The Balaban J connectivity index is 1.90. The maximum absolute atomic E-state index is 12.6. The average Bonchev–Trinajstić information content (AvgIpc) is 3.07. The molecule has 1 aliphatic heterocycles. The van der Waals surface area contributed by atoms with Crippen LogP contribution in [0, 0.1) is 10.1 Å². The molecule has 9 nitrogen and oxygen atoms in total. The first-order valence-electron chi connectivity index (χ1n) is 6.77. The second-order valence-electron chi connectivity index (χ2n) is 4.84. The number of hydrogen-bond acceptors (Lipinski definition) is 7.